The molecule has 2 rings (SSSR count). The molecule has 0 saturated heterocycles. The van der Waals surface area contributed by atoms with Gasteiger partial charge in [0.15, 0.2) is 5.89 Å². The highest BCUT2D eigenvalue weighted by Gasteiger charge is 1.98. The third kappa shape index (κ3) is 3.12. The van der Waals surface area contributed by atoms with E-state index in [9.17, 15) is 0 Å². The summed E-state index contributed by atoms with van der Waals surface area (Å²) >= 11 is 0. The van der Waals surface area contributed by atoms with Crippen LogP contribution in [0.1, 0.15) is 17.9 Å². The fraction of sp³-hybridized carbons (Fsp3) is 0.308. The summed E-state index contributed by atoms with van der Waals surface area (Å²) in [4.78, 5) is 4.05. The molecule has 0 atom stereocenters. The van der Waals surface area contributed by atoms with Crippen molar-refractivity contribution in [3.05, 3.63) is 48.2 Å². The predicted molar refractivity (Wildman–Crippen MR) is 61.5 cm³/mol. The Balaban J connectivity index is 1.70. The number of benzene rings is 1. The van der Waals surface area contributed by atoms with Gasteiger partial charge in [-0.15, -0.1) is 0 Å². The molecular formula is C13H15NO2. The summed E-state index contributed by atoms with van der Waals surface area (Å²) in [6.45, 7) is 2.75. The summed E-state index contributed by atoms with van der Waals surface area (Å²) in [5.74, 6) is 1.69. The molecule has 0 N–H and O–H groups in total. The van der Waals surface area contributed by atoms with Gasteiger partial charge in [-0.3, -0.25) is 0 Å². The van der Waals surface area contributed by atoms with Gasteiger partial charge in [0.2, 0.25) is 0 Å². The van der Waals surface area contributed by atoms with Crippen molar-refractivity contribution in [2.45, 2.75) is 19.8 Å². The summed E-state index contributed by atoms with van der Waals surface area (Å²) < 4.78 is 10.7. The summed E-state index contributed by atoms with van der Waals surface area (Å²) in [5.41, 5.74) is 1.24. The van der Waals surface area contributed by atoms with Crippen LogP contribution in [-0.4, -0.2) is 11.6 Å². The molecule has 2 aromatic rings. The van der Waals surface area contributed by atoms with Gasteiger partial charge in [0, 0.05) is 6.42 Å². The summed E-state index contributed by atoms with van der Waals surface area (Å²) in [6.07, 6.45) is 4.99. The van der Waals surface area contributed by atoms with Crippen molar-refractivity contribution >= 4 is 0 Å². The van der Waals surface area contributed by atoms with E-state index in [4.69, 9.17) is 9.15 Å². The van der Waals surface area contributed by atoms with E-state index in [1.165, 1.54) is 5.56 Å². The van der Waals surface area contributed by atoms with Gasteiger partial charge < -0.3 is 9.15 Å². The van der Waals surface area contributed by atoms with Gasteiger partial charge in [-0.1, -0.05) is 17.7 Å². The molecular weight excluding hydrogens is 202 g/mol. The maximum Gasteiger partial charge on any atom is 0.194 e. The van der Waals surface area contributed by atoms with E-state index in [2.05, 4.69) is 11.9 Å². The van der Waals surface area contributed by atoms with Crippen LogP contribution in [0.2, 0.25) is 0 Å². The van der Waals surface area contributed by atoms with Gasteiger partial charge in [-0.2, -0.15) is 0 Å². The highest BCUT2D eigenvalue weighted by Crippen LogP contribution is 2.11. The first-order valence-corrected chi connectivity index (χ1v) is 5.42. The van der Waals surface area contributed by atoms with Crippen LogP contribution in [0.4, 0.5) is 0 Å². The Morgan fingerprint density at radius 1 is 1.25 bits per heavy atom. The maximum atomic E-state index is 5.59. The number of aryl methyl sites for hydroxylation is 2. The number of ether oxygens (including phenoxy) is 1. The van der Waals surface area contributed by atoms with E-state index in [1.54, 1.807) is 12.5 Å². The zero-order valence-electron chi connectivity index (χ0n) is 9.35. The lowest BCUT2D eigenvalue weighted by molar-refractivity contribution is 0.305. The lowest BCUT2D eigenvalue weighted by Gasteiger charge is -2.05. The molecule has 0 saturated carbocycles. The SMILES string of the molecule is Cc1ccc(OCCCc2ncco2)cc1. The maximum absolute atomic E-state index is 5.59. The minimum atomic E-state index is 0.686. The van der Waals surface area contributed by atoms with Crippen molar-refractivity contribution in [2.24, 2.45) is 0 Å². The molecule has 0 aliphatic carbocycles. The molecule has 0 bridgehead atoms. The first-order valence-electron chi connectivity index (χ1n) is 5.42. The molecule has 0 unspecified atom stereocenters. The fourth-order valence-electron chi connectivity index (χ4n) is 1.42. The van der Waals surface area contributed by atoms with Crippen molar-refractivity contribution in [3.63, 3.8) is 0 Å². The van der Waals surface area contributed by atoms with Gasteiger partial charge in [0.1, 0.15) is 12.0 Å². The molecule has 1 heterocycles. The van der Waals surface area contributed by atoms with Crippen LogP contribution in [-0.2, 0) is 6.42 Å². The first-order chi connectivity index (χ1) is 7.84. The molecule has 0 fully saturated rings. The molecule has 0 aliphatic heterocycles. The molecule has 84 valence electrons. The van der Waals surface area contributed by atoms with Crippen LogP contribution in [0.3, 0.4) is 0 Å². The lowest BCUT2D eigenvalue weighted by atomic mass is 10.2. The van der Waals surface area contributed by atoms with Crippen molar-refractivity contribution in [3.8, 4) is 5.75 Å². The molecule has 1 aromatic carbocycles. The van der Waals surface area contributed by atoms with Gasteiger partial charge in [0.25, 0.3) is 0 Å². The highest BCUT2D eigenvalue weighted by molar-refractivity contribution is 5.26. The second kappa shape index (κ2) is 5.35. The van der Waals surface area contributed by atoms with Gasteiger partial charge in [-0.25, -0.2) is 4.98 Å². The Morgan fingerprint density at radius 2 is 2.06 bits per heavy atom. The highest BCUT2D eigenvalue weighted by atomic mass is 16.5. The summed E-state index contributed by atoms with van der Waals surface area (Å²) in [6, 6.07) is 8.06. The Bertz CT molecular complexity index is 406. The van der Waals surface area contributed by atoms with E-state index >= 15 is 0 Å². The van der Waals surface area contributed by atoms with E-state index < -0.39 is 0 Å². The van der Waals surface area contributed by atoms with E-state index in [1.807, 2.05) is 24.3 Å². The molecule has 1 aromatic heterocycles. The Morgan fingerprint density at radius 3 is 2.75 bits per heavy atom. The van der Waals surface area contributed by atoms with Gasteiger partial charge in [-0.05, 0) is 25.5 Å². The minimum Gasteiger partial charge on any atom is -0.494 e. The Hall–Kier alpha value is -1.77. The third-order valence-electron chi connectivity index (χ3n) is 2.31. The van der Waals surface area contributed by atoms with Crippen LogP contribution in [0.5, 0.6) is 5.75 Å². The standard InChI is InChI=1S/C13H15NO2/c1-11-4-6-12(7-5-11)15-9-2-3-13-14-8-10-16-13/h4-8,10H,2-3,9H2,1H3. The number of aromatic nitrogens is 1. The Kier molecular flexibility index (Phi) is 3.59. The minimum absolute atomic E-state index is 0.686. The quantitative estimate of drug-likeness (QED) is 0.722. The average molecular weight is 217 g/mol. The number of oxazole rings is 1. The average Bonchev–Trinajstić information content (AvgIpc) is 2.80. The number of rotatable bonds is 5. The number of hydrogen-bond donors (Lipinski definition) is 0. The molecule has 3 nitrogen and oxygen atoms in total. The molecule has 0 spiro atoms. The van der Waals surface area contributed by atoms with Crippen molar-refractivity contribution in [1.29, 1.82) is 0 Å². The summed E-state index contributed by atoms with van der Waals surface area (Å²) in [7, 11) is 0. The molecule has 0 amide bonds. The van der Waals surface area contributed by atoms with Crippen LogP contribution < -0.4 is 4.74 Å². The normalized spacial score (nSPS) is 10.3. The van der Waals surface area contributed by atoms with Crippen molar-refractivity contribution in [2.75, 3.05) is 6.61 Å². The predicted octanol–water partition coefficient (Wildman–Crippen LogP) is 2.99. The zero-order valence-corrected chi connectivity index (χ0v) is 9.35. The zero-order chi connectivity index (χ0) is 11.2. The second-order valence-corrected chi connectivity index (χ2v) is 3.69. The van der Waals surface area contributed by atoms with Crippen molar-refractivity contribution < 1.29 is 9.15 Å². The third-order valence-corrected chi connectivity index (χ3v) is 2.31. The van der Waals surface area contributed by atoms with E-state index in [0.717, 1.165) is 24.5 Å². The van der Waals surface area contributed by atoms with Gasteiger partial charge in [0.05, 0.1) is 12.8 Å². The lowest BCUT2D eigenvalue weighted by Crippen LogP contribution is -1.99. The molecule has 3 heteroatoms. The number of nitrogens with zero attached hydrogens (tertiary/aromatic N) is 1. The first kappa shape index (κ1) is 10.7. The van der Waals surface area contributed by atoms with Crippen LogP contribution in [0.15, 0.2) is 41.1 Å². The van der Waals surface area contributed by atoms with E-state index in [-0.39, 0.29) is 0 Å². The van der Waals surface area contributed by atoms with Gasteiger partial charge >= 0.3 is 0 Å². The molecule has 0 radical (unpaired) electrons. The Labute approximate surface area is 95.1 Å². The topological polar surface area (TPSA) is 35.3 Å². The smallest absolute Gasteiger partial charge is 0.194 e. The monoisotopic (exact) mass is 217 g/mol. The van der Waals surface area contributed by atoms with Crippen LogP contribution >= 0.6 is 0 Å². The van der Waals surface area contributed by atoms with E-state index in [0.29, 0.717) is 6.61 Å². The molecule has 16 heavy (non-hydrogen) atoms. The summed E-state index contributed by atoms with van der Waals surface area (Å²) in [5, 5.41) is 0. The number of hydrogen-bond acceptors (Lipinski definition) is 3. The van der Waals surface area contributed by atoms with Crippen LogP contribution in [0.25, 0.3) is 0 Å². The largest absolute Gasteiger partial charge is 0.494 e. The molecule has 0 aliphatic rings. The second-order valence-electron chi connectivity index (χ2n) is 3.69. The van der Waals surface area contributed by atoms with Crippen molar-refractivity contribution in [1.82, 2.24) is 4.98 Å². The fourth-order valence-corrected chi connectivity index (χ4v) is 1.42. The van der Waals surface area contributed by atoms with Crippen LogP contribution in [0, 0.1) is 6.92 Å².